The summed E-state index contributed by atoms with van der Waals surface area (Å²) < 4.78 is 7.33. The molecule has 124 valence electrons. The minimum Gasteiger partial charge on any atom is -0.444 e. The minimum atomic E-state index is -0.452. The molecule has 0 saturated carbocycles. The van der Waals surface area contributed by atoms with Crippen LogP contribution in [0.4, 0.5) is 4.79 Å². The molecule has 6 heteroatoms. The van der Waals surface area contributed by atoms with E-state index in [-0.39, 0.29) is 18.2 Å². The Morgan fingerprint density at radius 3 is 2.55 bits per heavy atom. The highest BCUT2D eigenvalue weighted by atomic mass is 16.6. The second-order valence-corrected chi connectivity index (χ2v) is 7.15. The molecule has 1 saturated heterocycles. The maximum Gasteiger partial charge on any atom is 0.410 e. The number of carbonyl (C=O) groups excluding carboxylic acids is 1. The Morgan fingerprint density at radius 1 is 1.32 bits per heavy atom. The third-order valence-electron chi connectivity index (χ3n) is 4.17. The van der Waals surface area contributed by atoms with Gasteiger partial charge in [0.1, 0.15) is 5.60 Å². The Balaban J connectivity index is 1.98. The number of hydrogen-bond donors (Lipinski definition) is 0. The summed E-state index contributed by atoms with van der Waals surface area (Å²) in [5.74, 6) is 0. The number of piperazine rings is 1. The van der Waals surface area contributed by atoms with Gasteiger partial charge in [-0.2, -0.15) is 5.10 Å². The standard InChI is InChI=1S/C16H28N4O2/c1-12-13(2)20(15(21)22-16(3,4)5)8-7-19(12)11-14-9-17-18(6)10-14/h9-10,12-13H,7-8,11H2,1-6H3. The van der Waals surface area contributed by atoms with Crippen LogP contribution in [0.2, 0.25) is 0 Å². The molecule has 1 aliphatic rings. The Bertz CT molecular complexity index is 520. The van der Waals surface area contributed by atoms with E-state index in [2.05, 4.69) is 23.8 Å². The van der Waals surface area contributed by atoms with E-state index in [1.165, 1.54) is 5.56 Å². The molecule has 2 unspecified atom stereocenters. The monoisotopic (exact) mass is 308 g/mol. The van der Waals surface area contributed by atoms with Crippen molar-refractivity contribution in [3.8, 4) is 0 Å². The first-order valence-corrected chi connectivity index (χ1v) is 7.88. The molecular weight excluding hydrogens is 280 g/mol. The molecule has 0 aromatic carbocycles. The van der Waals surface area contributed by atoms with E-state index >= 15 is 0 Å². The molecule has 0 radical (unpaired) electrons. The van der Waals surface area contributed by atoms with Crippen LogP contribution in [0.3, 0.4) is 0 Å². The number of nitrogens with zero attached hydrogens (tertiary/aromatic N) is 4. The molecule has 0 spiro atoms. The fourth-order valence-electron chi connectivity index (χ4n) is 2.80. The largest absolute Gasteiger partial charge is 0.444 e. The van der Waals surface area contributed by atoms with E-state index in [9.17, 15) is 4.79 Å². The molecular formula is C16H28N4O2. The van der Waals surface area contributed by atoms with Gasteiger partial charge < -0.3 is 9.64 Å². The highest BCUT2D eigenvalue weighted by molar-refractivity contribution is 5.68. The van der Waals surface area contributed by atoms with Crippen LogP contribution in [0.25, 0.3) is 0 Å². The molecule has 6 nitrogen and oxygen atoms in total. The highest BCUT2D eigenvalue weighted by Crippen LogP contribution is 2.21. The average Bonchev–Trinajstić information content (AvgIpc) is 2.78. The number of amides is 1. The van der Waals surface area contributed by atoms with Crippen LogP contribution >= 0.6 is 0 Å². The van der Waals surface area contributed by atoms with Gasteiger partial charge in [-0.05, 0) is 34.6 Å². The first kappa shape index (κ1) is 16.8. The molecule has 0 bridgehead atoms. The molecule has 22 heavy (non-hydrogen) atoms. The number of aromatic nitrogens is 2. The minimum absolute atomic E-state index is 0.125. The summed E-state index contributed by atoms with van der Waals surface area (Å²) in [4.78, 5) is 16.5. The molecule has 0 aliphatic carbocycles. The van der Waals surface area contributed by atoms with Crippen LogP contribution < -0.4 is 0 Å². The zero-order valence-corrected chi connectivity index (χ0v) is 14.5. The van der Waals surface area contributed by atoms with E-state index in [1.807, 2.05) is 49.8 Å². The molecule has 1 aliphatic heterocycles. The molecule has 1 aromatic rings. The van der Waals surface area contributed by atoms with Crippen molar-refractivity contribution < 1.29 is 9.53 Å². The van der Waals surface area contributed by atoms with Gasteiger partial charge in [0.05, 0.1) is 6.20 Å². The predicted molar refractivity (Wildman–Crippen MR) is 85.5 cm³/mol. The number of aryl methyl sites for hydroxylation is 1. The van der Waals surface area contributed by atoms with Crippen LogP contribution in [0.1, 0.15) is 40.2 Å². The van der Waals surface area contributed by atoms with Crippen LogP contribution in [0, 0.1) is 0 Å². The van der Waals surface area contributed by atoms with Crippen molar-refractivity contribution in [2.45, 2.75) is 58.8 Å². The summed E-state index contributed by atoms with van der Waals surface area (Å²) in [6, 6.07) is 0.404. The molecule has 1 aromatic heterocycles. The molecule has 1 amide bonds. The normalized spacial score (nSPS) is 23.6. The summed E-state index contributed by atoms with van der Waals surface area (Å²) in [6.45, 7) is 12.4. The predicted octanol–water partition coefficient (Wildman–Crippen LogP) is 2.25. The first-order chi connectivity index (χ1) is 10.2. The van der Waals surface area contributed by atoms with Gasteiger partial charge in [0.25, 0.3) is 0 Å². The van der Waals surface area contributed by atoms with Crippen molar-refractivity contribution in [3.05, 3.63) is 18.0 Å². The summed E-state index contributed by atoms with van der Waals surface area (Å²) in [6.07, 6.45) is 3.72. The lowest BCUT2D eigenvalue weighted by molar-refractivity contribution is -0.0144. The molecule has 1 fully saturated rings. The fraction of sp³-hybridized carbons (Fsp3) is 0.750. The maximum absolute atomic E-state index is 12.3. The quantitative estimate of drug-likeness (QED) is 0.841. The van der Waals surface area contributed by atoms with Crippen molar-refractivity contribution in [1.82, 2.24) is 19.6 Å². The molecule has 2 atom stereocenters. The van der Waals surface area contributed by atoms with Crippen molar-refractivity contribution in [2.24, 2.45) is 7.05 Å². The van der Waals surface area contributed by atoms with Gasteiger partial charge >= 0.3 is 6.09 Å². The highest BCUT2D eigenvalue weighted by Gasteiger charge is 2.35. The van der Waals surface area contributed by atoms with E-state index in [4.69, 9.17) is 4.74 Å². The lowest BCUT2D eigenvalue weighted by Crippen LogP contribution is -2.59. The number of hydrogen-bond acceptors (Lipinski definition) is 4. The van der Waals surface area contributed by atoms with Crippen LogP contribution in [0.15, 0.2) is 12.4 Å². The van der Waals surface area contributed by atoms with E-state index in [1.54, 1.807) is 0 Å². The lowest BCUT2D eigenvalue weighted by Gasteiger charge is -2.44. The average molecular weight is 308 g/mol. The number of ether oxygens (including phenoxy) is 1. The third kappa shape index (κ3) is 4.00. The first-order valence-electron chi connectivity index (χ1n) is 7.88. The zero-order valence-electron chi connectivity index (χ0n) is 14.5. The van der Waals surface area contributed by atoms with Gasteiger partial charge in [-0.15, -0.1) is 0 Å². The van der Waals surface area contributed by atoms with Crippen molar-refractivity contribution in [3.63, 3.8) is 0 Å². The number of rotatable bonds is 2. The second kappa shape index (κ2) is 6.28. The van der Waals surface area contributed by atoms with Crippen LogP contribution in [-0.2, 0) is 18.3 Å². The Hall–Kier alpha value is -1.56. The van der Waals surface area contributed by atoms with Gasteiger partial charge in [-0.1, -0.05) is 0 Å². The van der Waals surface area contributed by atoms with Crippen molar-refractivity contribution in [1.29, 1.82) is 0 Å². The SMILES string of the molecule is CC1C(C)N(C(=O)OC(C)(C)C)CCN1Cc1cnn(C)c1. The van der Waals surface area contributed by atoms with Gasteiger partial charge in [-0.3, -0.25) is 9.58 Å². The van der Waals surface area contributed by atoms with Crippen LogP contribution in [0.5, 0.6) is 0 Å². The molecule has 0 N–H and O–H groups in total. The summed E-state index contributed by atoms with van der Waals surface area (Å²) in [7, 11) is 1.93. The summed E-state index contributed by atoms with van der Waals surface area (Å²) in [5.41, 5.74) is 0.750. The lowest BCUT2D eigenvalue weighted by atomic mass is 10.0. The van der Waals surface area contributed by atoms with Crippen LogP contribution in [-0.4, -0.2) is 56.4 Å². The fourth-order valence-corrected chi connectivity index (χ4v) is 2.80. The number of carbonyl (C=O) groups is 1. The van der Waals surface area contributed by atoms with Crippen molar-refractivity contribution in [2.75, 3.05) is 13.1 Å². The topological polar surface area (TPSA) is 50.6 Å². The van der Waals surface area contributed by atoms with E-state index < -0.39 is 5.60 Å². The van der Waals surface area contributed by atoms with Gasteiger partial charge in [0.15, 0.2) is 0 Å². The Labute approximate surface area is 133 Å². The van der Waals surface area contributed by atoms with E-state index in [0.29, 0.717) is 6.54 Å². The smallest absolute Gasteiger partial charge is 0.410 e. The van der Waals surface area contributed by atoms with Gasteiger partial charge in [0, 0.05) is 50.5 Å². The summed E-state index contributed by atoms with van der Waals surface area (Å²) in [5, 5.41) is 4.22. The Kier molecular flexibility index (Phi) is 4.80. The molecule has 2 rings (SSSR count). The third-order valence-corrected chi connectivity index (χ3v) is 4.17. The second-order valence-electron chi connectivity index (χ2n) is 7.15. The maximum atomic E-state index is 12.3. The van der Waals surface area contributed by atoms with Gasteiger partial charge in [0.2, 0.25) is 0 Å². The summed E-state index contributed by atoms with van der Waals surface area (Å²) >= 11 is 0. The van der Waals surface area contributed by atoms with Gasteiger partial charge in [-0.25, -0.2) is 4.79 Å². The van der Waals surface area contributed by atoms with E-state index in [0.717, 1.165) is 13.1 Å². The Morgan fingerprint density at radius 2 is 2.00 bits per heavy atom. The van der Waals surface area contributed by atoms with Crippen molar-refractivity contribution >= 4 is 6.09 Å². The zero-order chi connectivity index (χ0) is 16.5. The molecule has 2 heterocycles.